The van der Waals surface area contributed by atoms with Gasteiger partial charge in [0.15, 0.2) is 11.2 Å². The zero-order valence-electron chi connectivity index (χ0n) is 24.5. The molecule has 2 aromatic carbocycles. The molecule has 4 aromatic rings. The smallest absolute Gasteiger partial charge is 0.356 e. The van der Waals surface area contributed by atoms with E-state index < -0.39 is 35.3 Å². The number of tetrazole rings is 1. The van der Waals surface area contributed by atoms with Gasteiger partial charge in [0.05, 0.1) is 11.3 Å². The number of anilines is 1. The monoisotopic (exact) mass is 752 g/mol. The lowest BCUT2D eigenvalue weighted by Crippen LogP contribution is -2.70. The summed E-state index contributed by atoms with van der Waals surface area (Å²) in [7, 11) is 1.72. The van der Waals surface area contributed by atoms with Gasteiger partial charge >= 0.3 is 5.97 Å². The third-order valence-corrected chi connectivity index (χ3v) is 10.9. The number of esters is 1. The Bertz CT molecular complexity index is 1830. The molecule has 2 aliphatic rings. The number of fused-ring (bicyclic) bond motifs is 1. The highest BCUT2D eigenvalue weighted by atomic mass is 79.9. The predicted octanol–water partition coefficient (Wildman–Crippen LogP) is 3.75. The lowest BCUT2D eigenvalue weighted by atomic mass is 10.0. The summed E-state index contributed by atoms with van der Waals surface area (Å²) in [6.45, 7) is 0. The zero-order valence-corrected chi connectivity index (χ0v) is 28.5. The van der Waals surface area contributed by atoms with Crippen LogP contribution in [0, 0.1) is 0 Å². The molecule has 1 fully saturated rings. The molecule has 2 aliphatic heterocycles. The van der Waals surface area contributed by atoms with Gasteiger partial charge in [-0.05, 0) is 32.1 Å². The molecule has 3 amide bonds. The third-order valence-electron chi connectivity index (χ3n) is 7.23. The molecule has 1 unspecified atom stereocenters. The van der Waals surface area contributed by atoms with Crippen molar-refractivity contribution in [1.82, 2.24) is 35.4 Å². The van der Waals surface area contributed by atoms with Crippen molar-refractivity contribution in [2.45, 2.75) is 22.7 Å². The molecular formula is C30H25BrN8O5S3. The van der Waals surface area contributed by atoms with Gasteiger partial charge in [-0.15, -0.1) is 28.2 Å². The molecule has 0 spiro atoms. The summed E-state index contributed by atoms with van der Waals surface area (Å²) in [6, 6.07) is 17.9. The van der Waals surface area contributed by atoms with Gasteiger partial charge in [0.2, 0.25) is 11.6 Å². The number of carbonyl (C=O) groups is 4. The van der Waals surface area contributed by atoms with Gasteiger partial charge in [-0.2, -0.15) is 0 Å². The summed E-state index contributed by atoms with van der Waals surface area (Å²) in [5.41, 5.74) is 2.87. The van der Waals surface area contributed by atoms with Gasteiger partial charge in [0.25, 0.3) is 11.8 Å². The number of nitrogens with one attached hydrogen (secondary N) is 2. The van der Waals surface area contributed by atoms with E-state index in [9.17, 15) is 19.2 Å². The maximum Gasteiger partial charge on any atom is 0.356 e. The summed E-state index contributed by atoms with van der Waals surface area (Å²) in [4.78, 5) is 59.1. The summed E-state index contributed by atoms with van der Waals surface area (Å²) in [6.07, 6.45) is -0.227. The van der Waals surface area contributed by atoms with Gasteiger partial charge in [0, 0.05) is 23.9 Å². The SMILES string of the molecule is Cn1nnnc1SCC1=C(C(=O)OC(c2ccccc2)c2ccccc2)N2C(=O)C(NC(=O)C(=CBr)c3csc(NC=O)n3)[C@H]2SC1. The molecule has 4 heterocycles. The molecule has 47 heavy (non-hydrogen) atoms. The Morgan fingerprint density at radius 1 is 1.15 bits per heavy atom. The summed E-state index contributed by atoms with van der Waals surface area (Å²) < 4.78 is 7.74. The van der Waals surface area contributed by atoms with Gasteiger partial charge < -0.3 is 15.4 Å². The summed E-state index contributed by atoms with van der Waals surface area (Å²) in [5.74, 6) is -0.911. The lowest BCUT2D eigenvalue weighted by molar-refractivity contribution is -0.154. The minimum atomic E-state index is -0.903. The second-order valence-corrected chi connectivity index (χ2v) is 13.5. The quantitative estimate of drug-likeness (QED) is 0.0713. The van der Waals surface area contributed by atoms with Crippen molar-refractivity contribution in [1.29, 1.82) is 0 Å². The van der Waals surface area contributed by atoms with Gasteiger partial charge in [0.1, 0.15) is 17.1 Å². The first kappa shape index (κ1) is 32.6. The van der Waals surface area contributed by atoms with Crippen molar-refractivity contribution in [2.75, 3.05) is 16.8 Å². The topological polar surface area (TPSA) is 161 Å². The molecular weight excluding hydrogens is 728 g/mol. The van der Waals surface area contributed by atoms with E-state index in [2.05, 4.69) is 47.1 Å². The number of thioether (sulfide) groups is 2. The molecule has 17 heteroatoms. The van der Waals surface area contributed by atoms with Crippen molar-refractivity contribution in [3.8, 4) is 0 Å². The van der Waals surface area contributed by atoms with Crippen LogP contribution in [0.1, 0.15) is 22.9 Å². The molecule has 6 rings (SSSR count). The number of aryl methyl sites for hydroxylation is 1. The molecule has 2 atom stereocenters. The maximum atomic E-state index is 14.2. The molecule has 240 valence electrons. The Balaban J connectivity index is 1.27. The van der Waals surface area contributed by atoms with E-state index in [0.717, 1.165) is 22.5 Å². The standard InChI is InChI=1S/C30H25BrN8O5S3/c1-38-30(35-36-37-38)47-14-19-13-45-27-22(34-25(41)20(12-31)21-15-46-29(33-21)32-16-40)26(42)39(27)23(19)28(43)44-24(17-8-4-2-5-9-17)18-10-6-3-7-11-18/h2-12,15-16,22,24,27H,13-14H2,1H3,(H,34,41)(H,32,33,40)/t22?,27-/m1/s1. The van der Waals surface area contributed by atoms with Crippen molar-refractivity contribution in [3.05, 3.63) is 99.1 Å². The van der Waals surface area contributed by atoms with Crippen LogP contribution in [0.2, 0.25) is 0 Å². The molecule has 0 aliphatic carbocycles. The number of hydrogen-bond donors (Lipinski definition) is 2. The second-order valence-electron chi connectivity index (χ2n) is 10.1. The molecule has 2 N–H and O–H groups in total. The first-order valence-corrected chi connectivity index (χ1v) is 17.8. The number of amides is 3. The average molecular weight is 754 g/mol. The van der Waals surface area contributed by atoms with Crippen molar-refractivity contribution < 1.29 is 23.9 Å². The second kappa shape index (κ2) is 14.6. The Morgan fingerprint density at radius 3 is 2.47 bits per heavy atom. The van der Waals surface area contributed by atoms with E-state index in [1.165, 1.54) is 38.1 Å². The van der Waals surface area contributed by atoms with Gasteiger partial charge in [-0.1, -0.05) is 88.4 Å². The largest absolute Gasteiger partial charge is 0.448 e. The van der Waals surface area contributed by atoms with Crippen LogP contribution >= 0.6 is 50.8 Å². The third kappa shape index (κ3) is 6.88. The number of β-lactam (4-membered cyclic amide) rings is 1. The number of carbonyl (C=O) groups excluding carboxylic acids is 4. The van der Waals surface area contributed by atoms with Crippen molar-refractivity contribution in [3.63, 3.8) is 0 Å². The number of benzene rings is 2. The van der Waals surface area contributed by atoms with E-state index in [1.54, 1.807) is 12.4 Å². The van der Waals surface area contributed by atoms with Gasteiger partial charge in [-0.3, -0.25) is 19.3 Å². The number of hydrogen-bond acceptors (Lipinski definition) is 12. The Hall–Kier alpha value is -4.32. The molecule has 0 bridgehead atoms. The number of nitrogens with zero attached hydrogens (tertiary/aromatic N) is 6. The van der Waals surface area contributed by atoms with E-state index in [0.29, 0.717) is 39.5 Å². The highest BCUT2D eigenvalue weighted by molar-refractivity contribution is 9.11. The number of ether oxygens (including phenoxy) is 1. The van der Waals surface area contributed by atoms with Crippen LogP contribution in [0.5, 0.6) is 0 Å². The first-order valence-electron chi connectivity index (χ1n) is 14.0. The van der Waals surface area contributed by atoms with Crippen LogP contribution in [0.3, 0.4) is 0 Å². The van der Waals surface area contributed by atoms with Crippen LogP contribution in [0.15, 0.2) is 87.5 Å². The van der Waals surface area contributed by atoms with Crippen LogP contribution in [-0.4, -0.2) is 77.2 Å². The van der Waals surface area contributed by atoms with Crippen LogP contribution in [-0.2, 0) is 31.0 Å². The first-order chi connectivity index (χ1) is 22.9. The highest BCUT2D eigenvalue weighted by Crippen LogP contribution is 2.43. The fourth-order valence-electron chi connectivity index (χ4n) is 4.98. The number of rotatable bonds is 12. The minimum absolute atomic E-state index is 0.143. The van der Waals surface area contributed by atoms with Crippen molar-refractivity contribution >= 4 is 85.7 Å². The van der Waals surface area contributed by atoms with Crippen LogP contribution in [0.25, 0.3) is 5.57 Å². The Labute approximate surface area is 289 Å². The normalized spacial score (nSPS) is 17.6. The van der Waals surface area contributed by atoms with E-state index in [4.69, 9.17) is 4.74 Å². The fourth-order valence-corrected chi connectivity index (χ4v) is 8.43. The van der Waals surface area contributed by atoms with Crippen LogP contribution < -0.4 is 10.6 Å². The van der Waals surface area contributed by atoms with E-state index in [1.807, 2.05) is 60.7 Å². The molecule has 0 saturated carbocycles. The van der Waals surface area contributed by atoms with Gasteiger partial charge in [-0.25, -0.2) is 14.5 Å². The average Bonchev–Trinajstić information content (AvgIpc) is 3.74. The number of thiazole rings is 1. The predicted molar refractivity (Wildman–Crippen MR) is 181 cm³/mol. The molecule has 2 aromatic heterocycles. The molecule has 13 nitrogen and oxygen atoms in total. The minimum Gasteiger partial charge on any atom is -0.448 e. The van der Waals surface area contributed by atoms with E-state index in [-0.39, 0.29) is 11.3 Å². The number of halogens is 1. The van der Waals surface area contributed by atoms with E-state index >= 15 is 0 Å². The number of aromatic nitrogens is 5. The van der Waals surface area contributed by atoms with Crippen molar-refractivity contribution in [2.24, 2.45) is 7.05 Å². The summed E-state index contributed by atoms with van der Waals surface area (Å²) >= 11 is 7.14. The maximum absolute atomic E-state index is 14.2. The van der Waals surface area contributed by atoms with Crippen LogP contribution in [0.4, 0.5) is 5.13 Å². The fraction of sp³-hybridized carbons (Fsp3) is 0.200. The molecule has 0 radical (unpaired) electrons. The lowest BCUT2D eigenvalue weighted by Gasteiger charge is -2.49. The molecule has 1 saturated heterocycles. The Morgan fingerprint density at radius 2 is 1.85 bits per heavy atom. The zero-order chi connectivity index (χ0) is 32.9. The Kier molecular flexibility index (Phi) is 10.1. The summed E-state index contributed by atoms with van der Waals surface area (Å²) in [5, 5.41) is 18.8. The highest BCUT2D eigenvalue weighted by Gasteiger charge is 2.54.